The Labute approximate surface area is 296 Å². The molecule has 0 rings (SSSR count). The van der Waals surface area contributed by atoms with Gasteiger partial charge in [-0.15, -0.1) is 0 Å². The monoisotopic (exact) mass is 844 g/mol. The fraction of sp³-hybridized carbons (Fsp3) is 1.00. The third-order valence-electron chi connectivity index (χ3n) is 5.30. The molecular formula is C24H54O6P3S6Sb. The van der Waals surface area contributed by atoms with Crippen molar-refractivity contribution in [3.8, 4) is 0 Å². The summed E-state index contributed by atoms with van der Waals surface area (Å²) >= 11 is 30.7. The van der Waals surface area contributed by atoms with Crippen LogP contribution in [0.3, 0.4) is 0 Å². The summed E-state index contributed by atoms with van der Waals surface area (Å²) in [5.41, 5.74) is -7.26. The van der Waals surface area contributed by atoms with E-state index in [1.165, 1.54) is 0 Å². The topological polar surface area (TPSA) is 55.4 Å². The van der Waals surface area contributed by atoms with Gasteiger partial charge in [-0.1, -0.05) is 77.0 Å². The van der Waals surface area contributed by atoms with E-state index in [1.807, 2.05) is 83.1 Å². The van der Waals surface area contributed by atoms with Crippen molar-refractivity contribution in [2.45, 2.75) is 158 Å². The van der Waals surface area contributed by atoms with Crippen molar-refractivity contribution in [2.24, 2.45) is 0 Å². The van der Waals surface area contributed by atoms with Crippen LogP contribution < -0.4 is 0 Å². The van der Waals surface area contributed by atoms with E-state index in [0.29, 0.717) is 0 Å². The van der Waals surface area contributed by atoms with Crippen molar-refractivity contribution >= 4 is 114 Å². The summed E-state index contributed by atoms with van der Waals surface area (Å²) in [7, 11) is 0. The van der Waals surface area contributed by atoms with E-state index in [-0.39, 0.29) is 61.1 Å². The Morgan fingerprint density at radius 1 is 0.400 bits per heavy atom. The number of hydrogen-bond donors (Lipinski definition) is 0. The largest absolute Gasteiger partial charge is 3.00 e. The molecule has 16 heteroatoms. The molecule has 0 bridgehead atoms. The average Bonchev–Trinajstić information content (AvgIpc) is 2.82. The zero-order valence-electron chi connectivity index (χ0n) is 26.4. The van der Waals surface area contributed by atoms with Gasteiger partial charge in [0.2, 0.25) is 0 Å². The Morgan fingerprint density at radius 3 is 0.575 bits per heavy atom. The van der Waals surface area contributed by atoms with Gasteiger partial charge in [0.25, 0.3) is 0 Å². The van der Waals surface area contributed by atoms with Crippen molar-refractivity contribution in [3.63, 3.8) is 0 Å². The second kappa shape index (κ2) is 27.7. The van der Waals surface area contributed by atoms with Crippen molar-refractivity contribution in [1.29, 1.82) is 0 Å². The first-order valence-electron chi connectivity index (χ1n) is 13.8. The van der Waals surface area contributed by atoms with E-state index in [4.69, 9.17) is 99.3 Å². The zero-order chi connectivity index (χ0) is 31.4. The first-order valence-corrected chi connectivity index (χ1v) is 24.7. The van der Waals surface area contributed by atoms with E-state index in [1.54, 1.807) is 0 Å². The molecule has 40 heavy (non-hydrogen) atoms. The molecule has 0 aromatic heterocycles. The van der Waals surface area contributed by atoms with E-state index in [9.17, 15) is 0 Å². The molecule has 6 unspecified atom stereocenters. The van der Waals surface area contributed by atoms with Gasteiger partial charge in [-0.2, -0.15) is 0 Å². The minimum Gasteiger partial charge on any atom is -0.691 e. The standard InChI is InChI=1S/3C8H19O2PS2.Sb/c3*1-5-7(3)9-11(12,13)10-8(4)6-2;/h3*7-8H,5-6H2,1-4H3,(H,12,13);/q;;;+3/p-3. The summed E-state index contributed by atoms with van der Waals surface area (Å²) in [5.74, 6) is 0. The van der Waals surface area contributed by atoms with Gasteiger partial charge < -0.3 is 63.9 Å². The van der Waals surface area contributed by atoms with Crippen LogP contribution in [0.1, 0.15) is 122 Å². The minimum absolute atomic E-state index is 0. The molecule has 6 atom stereocenters. The number of rotatable bonds is 18. The van der Waals surface area contributed by atoms with E-state index in [2.05, 4.69) is 0 Å². The van der Waals surface area contributed by atoms with Gasteiger partial charge in [-0.3, -0.25) is 0 Å². The Bertz CT molecular complexity index is 615. The third kappa shape index (κ3) is 33.0. The Hall–Kier alpha value is 3.58. The molecule has 0 spiro atoms. The maximum Gasteiger partial charge on any atom is 3.00 e. The molecule has 0 saturated heterocycles. The summed E-state index contributed by atoms with van der Waals surface area (Å²) in [6.45, 7) is 24.0. The summed E-state index contributed by atoms with van der Waals surface area (Å²) in [5, 5.41) is 0. The normalized spacial score (nSPS) is 20.2. The molecule has 0 saturated carbocycles. The van der Waals surface area contributed by atoms with Gasteiger partial charge in [0, 0.05) is 0 Å². The predicted octanol–water partition coefficient (Wildman–Crippen LogP) is 9.78. The van der Waals surface area contributed by atoms with Crippen LogP contribution in [-0.2, 0) is 99.3 Å². The first kappa shape index (κ1) is 50.4. The van der Waals surface area contributed by atoms with Gasteiger partial charge >= 0.3 is 24.4 Å². The van der Waals surface area contributed by atoms with Crippen LogP contribution in [-0.4, -0.2) is 61.1 Å². The van der Waals surface area contributed by atoms with Gasteiger partial charge in [0.15, 0.2) is 0 Å². The van der Waals surface area contributed by atoms with E-state index < -0.39 is 17.1 Å². The molecule has 0 amide bonds. The van der Waals surface area contributed by atoms with Gasteiger partial charge in [-0.05, 0) is 80.1 Å². The quantitative estimate of drug-likeness (QED) is 0.0751. The third-order valence-corrected chi connectivity index (χ3v) is 12.1. The van der Waals surface area contributed by atoms with Crippen LogP contribution in [0.4, 0.5) is 0 Å². The predicted molar refractivity (Wildman–Crippen MR) is 196 cm³/mol. The van der Waals surface area contributed by atoms with Gasteiger partial charge in [0.1, 0.15) is 0 Å². The molecule has 0 aromatic rings. The Kier molecular flexibility index (Phi) is 34.9. The van der Waals surface area contributed by atoms with Gasteiger partial charge in [0.05, 0.1) is 53.7 Å². The molecule has 0 heterocycles. The molecule has 0 aliphatic heterocycles. The molecule has 0 N–H and O–H groups in total. The summed E-state index contributed by atoms with van der Waals surface area (Å²) in [4.78, 5) is 0. The maximum atomic E-state index is 5.48. The molecular weight excluding hydrogens is 791 g/mol. The van der Waals surface area contributed by atoms with Crippen LogP contribution in [0, 0.1) is 0 Å². The zero-order valence-corrected chi connectivity index (χ0v) is 36.5. The summed E-state index contributed by atoms with van der Waals surface area (Å²) in [6, 6.07) is 0. The Morgan fingerprint density at radius 2 is 0.500 bits per heavy atom. The van der Waals surface area contributed by atoms with Crippen molar-refractivity contribution in [2.75, 3.05) is 0 Å². The van der Waals surface area contributed by atoms with Crippen molar-refractivity contribution in [3.05, 3.63) is 0 Å². The maximum absolute atomic E-state index is 5.48. The average molecular weight is 846 g/mol. The van der Waals surface area contributed by atoms with Crippen LogP contribution in [0.15, 0.2) is 0 Å². The first-order chi connectivity index (χ1) is 17.7. The van der Waals surface area contributed by atoms with Crippen LogP contribution in [0.25, 0.3) is 0 Å². The van der Waals surface area contributed by atoms with Crippen molar-refractivity contribution < 1.29 is 27.1 Å². The second-order valence-corrected chi connectivity index (χ2v) is 24.0. The van der Waals surface area contributed by atoms with Crippen molar-refractivity contribution in [1.82, 2.24) is 0 Å². The Balaban J connectivity index is -0.000000240. The fourth-order valence-corrected chi connectivity index (χ4v) is 10.8. The molecule has 0 aliphatic carbocycles. The van der Waals surface area contributed by atoms with E-state index >= 15 is 0 Å². The van der Waals surface area contributed by atoms with Crippen LogP contribution in [0.2, 0.25) is 0 Å². The molecule has 0 aromatic carbocycles. The smallest absolute Gasteiger partial charge is 0.691 e. The van der Waals surface area contributed by atoms with Gasteiger partial charge in [-0.25, -0.2) is 0 Å². The van der Waals surface area contributed by atoms with Crippen LogP contribution in [0.5, 0.6) is 0 Å². The molecule has 2 radical (unpaired) electrons. The minimum atomic E-state index is -2.42. The SMILES string of the molecule is CCC(C)OP(=S)([S-])OC(C)CC.CCC(C)OP(=S)([S-])OC(C)CC.CCC(C)OP(=S)([S-])OC(C)CC.[Sb+3]. The fourth-order valence-electron chi connectivity index (χ4n) is 1.84. The molecule has 0 aliphatic rings. The second-order valence-electron chi connectivity index (χ2n) is 9.29. The molecule has 242 valence electrons. The summed E-state index contributed by atoms with van der Waals surface area (Å²) < 4.78 is 32.9. The summed E-state index contributed by atoms with van der Waals surface area (Å²) in [6.07, 6.45) is 6.12. The van der Waals surface area contributed by atoms with E-state index in [0.717, 1.165) is 38.5 Å². The number of hydrogen-bond acceptors (Lipinski definition) is 12. The molecule has 0 fully saturated rings. The molecule has 6 nitrogen and oxygen atoms in total. The van der Waals surface area contributed by atoms with Crippen LogP contribution >= 0.6 is 17.1 Å².